The fraction of sp³-hybridized carbons (Fsp3) is 0.583. The summed E-state index contributed by atoms with van der Waals surface area (Å²) in [5, 5.41) is 9.61. The minimum absolute atomic E-state index is 0.193. The molecule has 2 heterocycles. The Kier molecular flexibility index (Phi) is 3.51. The maximum Gasteiger partial charge on any atom is 0.141 e. The minimum atomic E-state index is -0.289. The molecule has 2 atom stereocenters. The van der Waals surface area contributed by atoms with Gasteiger partial charge >= 0.3 is 0 Å². The summed E-state index contributed by atoms with van der Waals surface area (Å²) in [4.78, 5) is 6.06. The van der Waals surface area contributed by atoms with E-state index in [2.05, 4.69) is 9.88 Å². The van der Waals surface area contributed by atoms with Gasteiger partial charge in [-0.05, 0) is 24.0 Å². The first-order valence-electron chi connectivity index (χ1n) is 5.65. The van der Waals surface area contributed by atoms with Crippen LogP contribution in [0.15, 0.2) is 18.5 Å². The number of nitrogens with zero attached hydrogens (tertiary/aromatic N) is 2. The summed E-state index contributed by atoms with van der Waals surface area (Å²) in [7, 11) is 0. The van der Waals surface area contributed by atoms with E-state index < -0.39 is 0 Å². The lowest BCUT2D eigenvalue weighted by atomic mass is 9.96. The van der Waals surface area contributed by atoms with E-state index in [1.165, 1.54) is 12.3 Å². The molecule has 0 spiro atoms. The normalized spacial score (nSPS) is 26.9. The van der Waals surface area contributed by atoms with Crippen molar-refractivity contribution in [3.63, 3.8) is 0 Å². The van der Waals surface area contributed by atoms with Crippen molar-refractivity contribution in [1.29, 1.82) is 0 Å². The number of rotatable bonds is 2. The molecule has 1 aliphatic rings. The van der Waals surface area contributed by atoms with Gasteiger partial charge in [-0.1, -0.05) is 6.92 Å². The van der Waals surface area contributed by atoms with Crippen LogP contribution in [0.3, 0.4) is 0 Å². The fourth-order valence-electron chi connectivity index (χ4n) is 2.16. The molecule has 16 heavy (non-hydrogen) atoms. The molecule has 0 amide bonds. The number of piperidine rings is 1. The van der Waals surface area contributed by atoms with E-state index >= 15 is 0 Å². The highest BCUT2D eigenvalue weighted by Crippen LogP contribution is 2.18. The molecule has 88 valence electrons. The number of halogens is 1. The Hall–Kier alpha value is -1.00. The minimum Gasteiger partial charge on any atom is -0.393 e. The first-order valence-corrected chi connectivity index (χ1v) is 5.65. The molecule has 1 aliphatic heterocycles. The van der Waals surface area contributed by atoms with Gasteiger partial charge in [-0.2, -0.15) is 0 Å². The lowest BCUT2D eigenvalue weighted by Gasteiger charge is -2.34. The van der Waals surface area contributed by atoms with Crippen LogP contribution in [0.2, 0.25) is 0 Å². The third-order valence-electron chi connectivity index (χ3n) is 3.11. The Labute approximate surface area is 94.9 Å². The standard InChI is InChI=1S/C12H17FN2O/c1-9-7-15(3-2-12(9)16)8-10-4-11(13)6-14-5-10/h4-6,9,12,16H,2-3,7-8H2,1H3. The van der Waals surface area contributed by atoms with Gasteiger partial charge in [0.15, 0.2) is 0 Å². The van der Waals surface area contributed by atoms with Crippen LogP contribution in [-0.2, 0) is 6.54 Å². The molecule has 4 heteroatoms. The van der Waals surface area contributed by atoms with E-state index in [0.717, 1.165) is 25.1 Å². The van der Waals surface area contributed by atoms with Crippen LogP contribution in [0.4, 0.5) is 4.39 Å². The molecular weight excluding hydrogens is 207 g/mol. The van der Waals surface area contributed by atoms with E-state index in [0.29, 0.717) is 6.54 Å². The van der Waals surface area contributed by atoms with Crippen LogP contribution in [0.1, 0.15) is 18.9 Å². The van der Waals surface area contributed by atoms with Gasteiger partial charge in [0.05, 0.1) is 12.3 Å². The third kappa shape index (κ3) is 2.77. The molecule has 0 aliphatic carbocycles. The lowest BCUT2D eigenvalue weighted by Crippen LogP contribution is -2.41. The Balaban J connectivity index is 1.95. The van der Waals surface area contributed by atoms with E-state index in [1.807, 2.05) is 6.92 Å². The predicted molar refractivity (Wildman–Crippen MR) is 59.3 cm³/mol. The molecule has 0 saturated carbocycles. The van der Waals surface area contributed by atoms with Gasteiger partial charge in [-0.25, -0.2) is 4.39 Å². The molecular formula is C12H17FN2O. The molecule has 1 saturated heterocycles. The zero-order chi connectivity index (χ0) is 11.5. The molecule has 1 fully saturated rings. The van der Waals surface area contributed by atoms with Gasteiger partial charge in [0.1, 0.15) is 5.82 Å². The number of pyridine rings is 1. The Bertz CT molecular complexity index is 359. The van der Waals surface area contributed by atoms with Crippen LogP contribution in [0.5, 0.6) is 0 Å². The van der Waals surface area contributed by atoms with E-state index in [9.17, 15) is 9.50 Å². The van der Waals surface area contributed by atoms with Crippen LogP contribution >= 0.6 is 0 Å². The van der Waals surface area contributed by atoms with Crippen LogP contribution < -0.4 is 0 Å². The van der Waals surface area contributed by atoms with Gasteiger partial charge in [-0.3, -0.25) is 9.88 Å². The number of aliphatic hydroxyl groups is 1. The molecule has 0 aromatic carbocycles. The highest BCUT2D eigenvalue weighted by Gasteiger charge is 2.23. The summed E-state index contributed by atoms with van der Waals surface area (Å²) in [6.07, 6.45) is 3.51. The number of hydrogen-bond acceptors (Lipinski definition) is 3. The van der Waals surface area contributed by atoms with Crippen LogP contribution in [0, 0.1) is 11.7 Å². The zero-order valence-electron chi connectivity index (χ0n) is 9.43. The van der Waals surface area contributed by atoms with Gasteiger partial charge in [0.2, 0.25) is 0 Å². The molecule has 0 bridgehead atoms. The Morgan fingerprint density at radius 2 is 2.38 bits per heavy atom. The van der Waals surface area contributed by atoms with Crippen molar-refractivity contribution in [3.05, 3.63) is 29.8 Å². The van der Waals surface area contributed by atoms with Crippen LogP contribution in [0.25, 0.3) is 0 Å². The summed E-state index contributed by atoms with van der Waals surface area (Å²) in [6.45, 7) is 4.47. The number of aromatic nitrogens is 1. The zero-order valence-corrected chi connectivity index (χ0v) is 9.43. The van der Waals surface area contributed by atoms with Gasteiger partial charge in [-0.15, -0.1) is 0 Å². The third-order valence-corrected chi connectivity index (χ3v) is 3.11. The maximum absolute atomic E-state index is 12.9. The highest BCUT2D eigenvalue weighted by atomic mass is 19.1. The fourth-order valence-corrected chi connectivity index (χ4v) is 2.16. The van der Waals surface area contributed by atoms with Crippen molar-refractivity contribution in [2.24, 2.45) is 5.92 Å². The number of likely N-dealkylation sites (tertiary alicyclic amines) is 1. The van der Waals surface area contributed by atoms with Crippen LogP contribution in [-0.4, -0.2) is 34.2 Å². The van der Waals surface area contributed by atoms with Crippen molar-refractivity contribution in [3.8, 4) is 0 Å². The predicted octanol–water partition coefficient (Wildman–Crippen LogP) is 1.42. The molecule has 1 aromatic heterocycles. The van der Waals surface area contributed by atoms with Crippen molar-refractivity contribution < 1.29 is 9.50 Å². The second-order valence-electron chi connectivity index (χ2n) is 4.58. The largest absolute Gasteiger partial charge is 0.393 e. The smallest absolute Gasteiger partial charge is 0.141 e. The average Bonchev–Trinajstić information content (AvgIpc) is 2.24. The van der Waals surface area contributed by atoms with E-state index in [4.69, 9.17) is 0 Å². The van der Waals surface area contributed by atoms with Crippen molar-refractivity contribution >= 4 is 0 Å². The maximum atomic E-state index is 12.9. The molecule has 1 aromatic rings. The Morgan fingerprint density at radius 1 is 1.56 bits per heavy atom. The second kappa shape index (κ2) is 4.89. The Morgan fingerprint density at radius 3 is 3.06 bits per heavy atom. The van der Waals surface area contributed by atoms with Gasteiger partial charge < -0.3 is 5.11 Å². The summed E-state index contributed by atoms with van der Waals surface area (Å²) >= 11 is 0. The molecule has 2 rings (SSSR count). The topological polar surface area (TPSA) is 36.4 Å². The van der Waals surface area contributed by atoms with Crippen molar-refractivity contribution in [2.45, 2.75) is 26.0 Å². The molecule has 0 radical (unpaired) electrons. The summed E-state index contributed by atoms with van der Waals surface area (Å²) in [5.74, 6) is -0.00198. The average molecular weight is 224 g/mol. The van der Waals surface area contributed by atoms with E-state index in [1.54, 1.807) is 6.20 Å². The molecule has 1 N–H and O–H groups in total. The SMILES string of the molecule is CC1CN(Cc2cncc(F)c2)CCC1O. The van der Waals surface area contributed by atoms with Crippen molar-refractivity contribution in [1.82, 2.24) is 9.88 Å². The summed E-state index contributed by atoms with van der Waals surface area (Å²) in [6, 6.07) is 1.52. The highest BCUT2D eigenvalue weighted by molar-refractivity contribution is 5.10. The lowest BCUT2D eigenvalue weighted by molar-refractivity contribution is 0.0319. The quantitative estimate of drug-likeness (QED) is 0.825. The number of aliphatic hydroxyl groups excluding tert-OH is 1. The first-order chi connectivity index (χ1) is 7.65. The van der Waals surface area contributed by atoms with Gasteiger partial charge in [0, 0.05) is 25.8 Å². The van der Waals surface area contributed by atoms with Crippen molar-refractivity contribution in [2.75, 3.05) is 13.1 Å². The molecule has 3 nitrogen and oxygen atoms in total. The number of hydrogen-bond donors (Lipinski definition) is 1. The van der Waals surface area contributed by atoms with Gasteiger partial charge in [0.25, 0.3) is 0 Å². The first kappa shape index (κ1) is 11.5. The second-order valence-corrected chi connectivity index (χ2v) is 4.58. The molecule has 2 unspecified atom stereocenters. The summed E-state index contributed by atoms with van der Waals surface area (Å²) in [5.41, 5.74) is 0.892. The summed E-state index contributed by atoms with van der Waals surface area (Å²) < 4.78 is 12.9. The van der Waals surface area contributed by atoms with E-state index in [-0.39, 0.29) is 17.8 Å². The monoisotopic (exact) mass is 224 g/mol.